The molecule has 0 radical (unpaired) electrons. The molecule has 0 aromatic heterocycles. The quantitative estimate of drug-likeness (QED) is 0.885. The van der Waals surface area contributed by atoms with Crippen LogP contribution < -0.4 is 5.73 Å². The van der Waals surface area contributed by atoms with Crippen LogP contribution in [0.2, 0.25) is 0 Å². The molecule has 0 aliphatic rings. The minimum Gasteiger partial charge on any atom is -0.508 e. The van der Waals surface area contributed by atoms with Crippen molar-refractivity contribution in [2.75, 3.05) is 0 Å². The van der Waals surface area contributed by atoms with Crippen molar-refractivity contribution in [3.63, 3.8) is 0 Å². The molecule has 0 bridgehead atoms. The zero-order valence-electron chi connectivity index (χ0n) is 8.65. The number of phenols is 1. The topological polar surface area (TPSA) is 46.2 Å². The van der Waals surface area contributed by atoms with E-state index in [0.717, 1.165) is 21.2 Å². The zero-order chi connectivity index (χ0) is 11.5. The molecule has 2 aromatic carbocycles. The minimum absolute atomic E-state index is 0.253. The van der Waals surface area contributed by atoms with Crippen LogP contribution in [0.3, 0.4) is 0 Å². The van der Waals surface area contributed by atoms with Crippen LogP contribution in [0.5, 0.6) is 5.75 Å². The Kier molecular flexibility index (Phi) is 3.27. The summed E-state index contributed by atoms with van der Waals surface area (Å²) >= 11 is 3.40. The summed E-state index contributed by atoms with van der Waals surface area (Å²) in [6.07, 6.45) is 0. The maximum atomic E-state index is 9.54. The molecule has 0 heterocycles. The Morgan fingerprint density at radius 2 is 1.62 bits per heavy atom. The number of halogens is 1. The van der Waals surface area contributed by atoms with Crippen molar-refractivity contribution >= 4 is 15.9 Å². The van der Waals surface area contributed by atoms with Crippen molar-refractivity contribution in [1.82, 2.24) is 0 Å². The van der Waals surface area contributed by atoms with Gasteiger partial charge in [-0.2, -0.15) is 0 Å². The lowest BCUT2D eigenvalue weighted by Crippen LogP contribution is -1.96. The summed E-state index contributed by atoms with van der Waals surface area (Å²) in [6.45, 7) is 0.343. The second kappa shape index (κ2) is 4.68. The summed E-state index contributed by atoms with van der Waals surface area (Å²) in [5.74, 6) is 0.253. The summed E-state index contributed by atoms with van der Waals surface area (Å²) in [5, 5.41) is 9.54. The molecule has 0 saturated heterocycles. The van der Waals surface area contributed by atoms with Gasteiger partial charge in [0.1, 0.15) is 5.75 Å². The lowest BCUT2D eigenvalue weighted by molar-refractivity contribution is 0.468. The average Bonchev–Trinajstić information content (AvgIpc) is 2.31. The van der Waals surface area contributed by atoms with Gasteiger partial charge in [0.2, 0.25) is 0 Å². The fourth-order valence-electron chi connectivity index (χ4n) is 1.57. The van der Waals surface area contributed by atoms with Crippen LogP contribution in [0.15, 0.2) is 46.9 Å². The maximum absolute atomic E-state index is 9.54. The van der Waals surface area contributed by atoms with Gasteiger partial charge in [0.05, 0.1) is 0 Å². The summed E-state index contributed by atoms with van der Waals surface area (Å²) in [4.78, 5) is 0. The van der Waals surface area contributed by atoms with E-state index in [4.69, 9.17) is 5.73 Å². The van der Waals surface area contributed by atoms with Crippen molar-refractivity contribution < 1.29 is 5.11 Å². The van der Waals surface area contributed by atoms with Crippen LogP contribution in [0.1, 0.15) is 5.56 Å². The highest BCUT2D eigenvalue weighted by Crippen LogP contribution is 2.26. The summed E-state index contributed by atoms with van der Waals surface area (Å²) in [6, 6.07) is 13.5. The van der Waals surface area contributed by atoms with E-state index in [9.17, 15) is 5.11 Å². The normalized spacial score (nSPS) is 10.4. The van der Waals surface area contributed by atoms with Crippen molar-refractivity contribution in [3.05, 3.63) is 52.5 Å². The van der Waals surface area contributed by atoms with Gasteiger partial charge in [0.15, 0.2) is 0 Å². The number of aromatic hydroxyl groups is 1. The predicted molar refractivity (Wildman–Crippen MR) is 69.1 cm³/mol. The van der Waals surface area contributed by atoms with Gasteiger partial charge < -0.3 is 10.8 Å². The Morgan fingerprint density at radius 1 is 1.00 bits per heavy atom. The Bertz CT molecular complexity index is 494. The fraction of sp³-hybridized carbons (Fsp3) is 0.0769. The first-order valence-electron chi connectivity index (χ1n) is 4.98. The van der Waals surface area contributed by atoms with Gasteiger partial charge >= 0.3 is 0 Å². The number of nitrogens with two attached hydrogens (primary N) is 1. The smallest absolute Gasteiger partial charge is 0.120 e. The highest BCUT2D eigenvalue weighted by atomic mass is 79.9. The average molecular weight is 278 g/mol. The van der Waals surface area contributed by atoms with Gasteiger partial charge in [-0.3, -0.25) is 0 Å². The van der Waals surface area contributed by atoms with Crippen LogP contribution in [0, 0.1) is 0 Å². The van der Waals surface area contributed by atoms with Crippen LogP contribution in [0.4, 0.5) is 0 Å². The Hall–Kier alpha value is -1.32. The van der Waals surface area contributed by atoms with Crippen LogP contribution in [-0.2, 0) is 6.54 Å². The molecular formula is C13H12BrNO. The van der Waals surface area contributed by atoms with E-state index < -0.39 is 0 Å². The lowest BCUT2D eigenvalue weighted by Gasteiger charge is -2.06. The zero-order valence-corrected chi connectivity index (χ0v) is 10.2. The summed E-state index contributed by atoms with van der Waals surface area (Å²) in [5.41, 5.74) is 8.49. The molecule has 3 heteroatoms. The third-order valence-electron chi connectivity index (χ3n) is 2.48. The fourth-order valence-corrected chi connectivity index (χ4v) is 1.84. The molecular weight excluding hydrogens is 266 g/mol. The van der Waals surface area contributed by atoms with Gasteiger partial charge in [-0.05, 0) is 35.4 Å². The van der Waals surface area contributed by atoms with E-state index in [0.29, 0.717) is 6.54 Å². The standard InChI is InChI=1S/C13H12BrNO/c14-12-4-1-9(2-5-12)10-3-6-13(16)11(7-10)8-15/h1-7,16H,8,15H2. The molecule has 2 rings (SSSR count). The van der Waals surface area contributed by atoms with Gasteiger partial charge in [0, 0.05) is 16.6 Å². The molecule has 82 valence electrons. The molecule has 0 fully saturated rings. The molecule has 16 heavy (non-hydrogen) atoms. The highest BCUT2D eigenvalue weighted by Gasteiger charge is 2.02. The van der Waals surface area contributed by atoms with Crippen molar-refractivity contribution in [2.24, 2.45) is 5.73 Å². The molecule has 0 spiro atoms. The molecule has 0 aliphatic heterocycles. The van der Waals surface area contributed by atoms with E-state index in [1.807, 2.05) is 36.4 Å². The number of hydrogen-bond donors (Lipinski definition) is 2. The molecule has 0 atom stereocenters. The van der Waals surface area contributed by atoms with Crippen LogP contribution >= 0.6 is 15.9 Å². The summed E-state index contributed by atoms with van der Waals surface area (Å²) in [7, 11) is 0. The van der Waals surface area contributed by atoms with Crippen LogP contribution in [0.25, 0.3) is 11.1 Å². The van der Waals surface area contributed by atoms with Gasteiger partial charge in [-0.25, -0.2) is 0 Å². The SMILES string of the molecule is NCc1cc(-c2ccc(Br)cc2)ccc1O. The Morgan fingerprint density at radius 3 is 2.25 bits per heavy atom. The maximum Gasteiger partial charge on any atom is 0.120 e. The molecule has 0 amide bonds. The second-order valence-electron chi connectivity index (χ2n) is 3.55. The van der Waals surface area contributed by atoms with E-state index in [2.05, 4.69) is 15.9 Å². The van der Waals surface area contributed by atoms with E-state index in [1.54, 1.807) is 6.07 Å². The third kappa shape index (κ3) is 2.26. The number of rotatable bonds is 2. The number of phenolic OH excluding ortho intramolecular Hbond substituents is 1. The largest absolute Gasteiger partial charge is 0.508 e. The monoisotopic (exact) mass is 277 g/mol. The Labute approximate surface area is 103 Å². The van der Waals surface area contributed by atoms with Crippen LogP contribution in [-0.4, -0.2) is 5.11 Å². The molecule has 2 aromatic rings. The first-order valence-corrected chi connectivity index (χ1v) is 5.78. The molecule has 0 unspecified atom stereocenters. The van der Waals surface area contributed by atoms with Crippen molar-refractivity contribution in [1.29, 1.82) is 0 Å². The van der Waals surface area contributed by atoms with E-state index in [-0.39, 0.29) is 5.75 Å². The molecule has 0 aliphatic carbocycles. The highest BCUT2D eigenvalue weighted by molar-refractivity contribution is 9.10. The number of benzene rings is 2. The lowest BCUT2D eigenvalue weighted by atomic mass is 10.0. The van der Waals surface area contributed by atoms with Gasteiger partial charge in [-0.15, -0.1) is 0 Å². The van der Waals surface area contributed by atoms with Gasteiger partial charge in [0.25, 0.3) is 0 Å². The number of hydrogen-bond acceptors (Lipinski definition) is 2. The summed E-state index contributed by atoms with van der Waals surface area (Å²) < 4.78 is 1.05. The van der Waals surface area contributed by atoms with Crippen molar-refractivity contribution in [3.8, 4) is 16.9 Å². The molecule has 0 saturated carbocycles. The predicted octanol–water partition coefficient (Wildman–Crippen LogP) is 3.28. The van der Waals surface area contributed by atoms with Gasteiger partial charge in [-0.1, -0.05) is 34.1 Å². The first-order chi connectivity index (χ1) is 7.70. The molecule has 2 nitrogen and oxygen atoms in total. The van der Waals surface area contributed by atoms with E-state index >= 15 is 0 Å². The Balaban J connectivity index is 2.44. The second-order valence-corrected chi connectivity index (χ2v) is 4.47. The first kappa shape index (κ1) is 11.2. The minimum atomic E-state index is 0.253. The van der Waals surface area contributed by atoms with Crippen molar-refractivity contribution in [2.45, 2.75) is 6.54 Å². The van der Waals surface area contributed by atoms with E-state index in [1.165, 1.54) is 0 Å². The molecule has 3 N–H and O–H groups in total. The third-order valence-corrected chi connectivity index (χ3v) is 3.01.